The standard InChI is InChI=1S/C13H24N4/c1-10(2)8-14-9-13-16-15-11(3)17(13)12-6-4-5-7-12/h10,12,14H,4-9H2,1-3H3. The Morgan fingerprint density at radius 2 is 2.00 bits per heavy atom. The first kappa shape index (κ1) is 12.6. The quantitative estimate of drug-likeness (QED) is 0.854. The summed E-state index contributed by atoms with van der Waals surface area (Å²) in [5.41, 5.74) is 0. The van der Waals surface area contributed by atoms with Crippen LogP contribution >= 0.6 is 0 Å². The molecule has 96 valence electrons. The molecule has 0 saturated heterocycles. The zero-order chi connectivity index (χ0) is 12.3. The Morgan fingerprint density at radius 3 is 2.65 bits per heavy atom. The van der Waals surface area contributed by atoms with E-state index in [0.717, 1.165) is 24.7 Å². The molecule has 0 amide bonds. The molecule has 0 bridgehead atoms. The summed E-state index contributed by atoms with van der Waals surface area (Å²) in [5.74, 6) is 2.85. The fraction of sp³-hybridized carbons (Fsp3) is 0.846. The van der Waals surface area contributed by atoms with E-state index in [2.05, 4.69) is 40.9 Å². The smallest absolute Gasteiger partial charge is 0.147 e. The summed E-state index contributed by atoms with van der Waals surface area (Å²) in [7, 11) is 0. The van der Waals surface area contributed by atoms with Crippen LogP contribution in [-0.4, -0.2) is 21.3 Å². The van der Waals surface area contributed by atoms with Gasteiger partial charge in [-0.1, -0.05) is 26.7 Å². The summed E-state index contributed by atoms with van der Waals surface area (Å²) >= 11 is 0. The van der Waals surface area contributed by atoms with Gasteiger partial charge in [0.1, 0.15) is 11.6 Å². The van der Waals surface area contributed by atoms with Gasteiger partial charge in [-0.3, -0.25) is 0 Å². The van der Waals surface area contributed by atoms with Crippen molar-refractivity contribution in [1.29, 1.82) is 0 Å². The highest BCUT2D eigenvalue weighted by atomic mass is 15.3. The van der Waals surface area contributed by atoms with Crippen molar-refractivity contribution < 1.29 is 0 Å². The van der Waals surface area contributed by atoms with Gasteiger partial charge < -0.3 is 9.88 Å². The monoisotopic (exact) mass is 236 g/mol. The molecule has 1 aromatic heterocycles. The van der Waals surface area contributed by atoms with Crippen molar-refractivity contribution in [3.05, 3.63) is 11.6 Å². The maximum absolute atomic E-state index is 4.31. The van der Waals surface area contributed by atoms with Crippen LogP contribution in [0.1, 0.15) is 57.2 Å². The molecule has 17 heavy (non-hydrogen) atoms. The van der Waals surface area contributed by atoms with Crippen molar-refractivity contribution >= 4 is 0 Å². The van der Waals surface area contributed by atoms with Gasteiger partial charge in [0.05, 0.1) is 6.54 Å². The largest absolute Gasteiger partial charge is 0.311 e. The number of nitrogens with one attached hydrogen (secondary N) is 1. The Balaban J connectivity index is 2.01. The van der Waals surface area contributed by atoms with Crippen LogP contribution in [0.4, 0.5) is 0 Å². The zero-order valence-electron chi connectivity index (χ0n) is 11.2. The van der Waals surface area contributed by atoms with Gasteiger partial charge in [0.15, 0.2) is 0 Å². The molecule has 1 N–H and O–H groups in total. The van der Waals surface area contributed by atoms with Gasteiger partial charge in [0.25, 0.3) is 0 Å². The summed E-state index contributed by atoms with van der Waals surface area (Å²) in [6.07, 6.45) is 5.27. The molecule has 4 nitrogen and oxygen atoms in total. The summed E-state index contributed by atoms with van der Waals surface area (Å²) in [6.45, 7) is 8.39. The Hall–Kier alpha value is -0.900. The van der Waals surface area contributed by atoms with E-state index in [4.69, 9.17) is 0 Å². The van der Waals surface area contributed by atoms with Crippen molar-refractivity contribution in [3.8, 4) is 0 Å². The van der Waals surface area contributed by atoms with Gasteiger partial charge in [0, 0.05) is 6.04 Å². The molecule has 0 aromatic carbocycles. The van der Waals surface area contributed by atoms with E-state index in [1.165, 1.54) is 25.7 Å². The predicted molar refractivity (Wildman–Crippen MR) is 68.8 cm³/mol. The Bertz CT molecular complexity index is 350. The molecule has 4 heteroatoms. The molecule has 1 heterocycles. The van der Waals surface area contributed by atoms with Crippen LogP contribution in [0, 0.1) is 12.8 Å². The lowest BCUT2D eigenvalue weighted by Crippen LogP contribution is -2.22. The van der Waals surface area contributed by atoms with E-state index in [-0.39, 0.29) is 0 Å². The average molecular weight is 236 g/mol. The molecular formula is C13H24N4. The third kappa shape index (κ3) is 3.06. The highest BCUT2D eigenvalue weighted by Gasteiger charge is 2.21. The normalized spacial score (nSPS) is 17.2. The lowest BCUT2D eigenvalue weighted by Gasteiger charge is -2.16. The summed E-state index contributed by atoms with van der Waals surface area (Å²) in [6, 6.07) is 0.640. The first-order valence-corrected chi connectivity index (χ1v) is 6.79. The molecule has 1 saturated carbocycles. The predicted octanol–water partition coefficient (Wildman–Crippen LogP) is 2.45. The Labute approximate surface area is 104 Å². The number of hydrogen-bond donors (Lipinski definition) is 1. The van der Waals surface area contributed by atoms with Crippen LogP contribution in [0.25, 0.3) is 0 Å². The van der Waals surface area contributed by atoms with Gasteiger partial charge in [-0.05, 0) is 32.2 Å². The molecule has 0 unspecified atom stereocenters. The van der Waals surface area contributed by atoms with Crippen LogP contribution < -0.4 is 5.32 Å². The van der Waals surface area contributed by atoms with E-state index in [1.54, 1.807) is 0 Å². The number of hydrogen-bond acceptors (Lipinski definition) is 3. The molecule has 0 aliphatic heterocycles. The van der Waals surface area contributed by atoms with Crippen LogP contribution in [0.5, 0.6) is 0 Å². The van der Waals surface area contributed by atoms with Crippen molar-refractivity contribution in [3.63, 3.8) is 0 Å². The highest BCUT2D eigenvalue weighted by Crippen LogP contribution is 2.30. The lowest BCUT2D eigenvalue weighted by molar-refractivity contribution is 0.465. The second-order valence-corrected chi connectivity index (χ2v) is 5.50. The van der Waals surface area contributed by atoms with Crippen LogP contribution in [0.15, 0.2) is 0 Å². The molecule has 0 atom stereocenters. The molecule has 0 spiro atoms. The SMILES string of the molecule is Cc1nnc(CNCC(C)C)n1C1CCCC1. The number of nitrogens with zero attached hydrogens (tertiary/aromatic N) is 3. The summed E-state index contributed by atoms with van der Waals surface area (Å²) < 4.78 is 2.35. The van der Waals surface area contributed by atoms with Crippen LogP contribution in [0.2, 0.25) is 0 Å². The van der Waals surface area contributed by atoms with Crippen molar-refractivity contribution in [2.45, 2.75) is 59.0 Å². The van der Waals surface area contributed by atoms with E-state index < -0.39 is 0 Å². The van der Waals surface area contributed by atoms with E-state index in [1.807, 2.05) is 0 Å². The minimum absolute atomic E-state index is 0.640. The molecular weight excluding hydrogens is 212 g/mol. The van der Waals surface area contributed by atoms with E-state index in [0.29, 0.717) is 12.0 Å². The van der Waals surface area contributed by atoms with Gasteiger partial charge in [-0.25, -0.2) is 0 Å². The Morgan fingerprint density at radius 1 is 1.29 bits per heavy atom. The van der Waals surface area contributed by atoms with Crippen LogP contribution in [-0.2, 0) is 6.54 Å². The first-order chi connectivity index (χ1) is 8.18. The topological polar surface area (TPSA) is 42.7 Å². The third-order valence-electron chi connectivity index (χ3n) is 3.46. The van der Waals surface area contributed by atoms with E-state index in [9.17, 15) is 0 Å². The third-order valence-corrected chi connectivity index (χ3v) is 3.46. The van der Waals surface area contributed by atoms with Crippen molar-refractivity contribution in [2.24, 2.45) is 5.92 Å². The molecule has 1 aromatic rings. The minimum atomic E-state index is 0.640. The molecule has 2 rings (SSSR count). The number of rotatable bonds is 5. The zero-order valence-corrected chi connectivity index (χ0v) is 11.2. The van der Waals surface area contributed by atoms with Gasteiger partial charge in [-0.2, -0.15) is 0 Å². The van der Waals surface area contributed by atoms with Gasteiger partial charge >= 0.3 is 0 Å². The molecule has 1 aliphatic rings. The fourth-order valence-electron chi connectivity index (χ4n) is 2.64. The van der Waals surface area contributed by atoms with Gasteiger partial charge in [0.2, 0.25) is 0 Å². The maximum atomic E-state index is 4.31. The molecule has 0 radical (unpaired) electrons. The summed E-state index contributed by atoms with van der Waals surface area (Å²) in [4.78, 5) is 0. The van der Waals surface area contributed by atoms with E-state index >= 15 is 0 Å². The number of aromatic nitrogens is 3. The molecule has 1 aliphatic carbocycles. The van der Waals surface area contributed by atoms with Crippen molar-refractivity contribution in [1.82, 2.24) is 20.1 Å². The van der Waals surface area contributed by atoms with Crippen LogP contribution in [0.3, 0.4) is 0 Å². The Kier molecular flexibility index (Phi) is 4.15. The second-order valence-electron chi connectivity index (χ2n) is 5.50. The first-order valence-electron chi connectivity index (χ1n) is 6.79. The fourth-order valence-corrected chi connectivity index (χ4v) is 2.64. The summed E-state index contributed by atoms with van der Waals surface area (Å²) in [5, 5.41) is 12.0. The molecule has 1 fully saturated rings. The number of aryl methyl sites for hydroxylation is 1. The maximum Gasteiger partial charge on any atom is 0.147 e. The highest BCUT2D eigenvalue weighted by molar-refractivity contribution is 4.98. The average Bonchev–Trinajstić information content (AvgIpc) is 2.87. The minimum Gasteiger partial charge on any atom is -0.311 e. The lowest BCUT2D eigenvalue weighted by atomic mass is 10.2. The van der Waals surface area contributed by atoms with Crippen molar-refractivity contribution in [2.75, 3.05) is 6.54 Å². The van der Waals surface area contributed by atoms with Gasteiger partial charge in [-0.15, -0.1) is 10.2 Å². The second kappa shape index (κ2) is 5.63.